The molecule has 0 spiro atoms. The summed E-state index contributed by atoms with van der Waals surface area (Å²) in [5.41, 5.74) is 2.32. The van der Waals surface area contributed by atoms with E-state index >= 15 is 0 Å². The van der Waals surface area contributed by atoms with Crippen molar-refractivity contribution in [1.82, 2.24) is 10.3 Å². The predicted octanol–water partition coefficient (Wildman–Crippen LogP) is 5.21. The number of thiophene rings is 1. The van der Waals surface area contributed by atoms with Gasteiger partial charge in [-0.2, -0.15) is 5.26 Å². The average molecular weight is 444 g/mol. The second-order valence-electron chi connectivity index (χ2n) is 7.15. The van der Waals surface area contributed by atoms with Gasteiger partial charge in [-0.15, -0.1) is 11.3 Å². The molecule has 0 saturated heterocycles. The standard InChI is InChI=1S/C25H21N3O3S/c1-17-21(28-25(31-17)23-8-5-13-32-23)14-24(29)27-22(15-26)19-9-11-20(12-10-19)30-16-18-6-3-2-4-7-18/h2-13,22H,14,16H2,1H3,(H,27,29). The summed E-state index contributed by atoms with van der Waals surface area (Å²) in [5.74, 6) is 1.50. The zero-order chi connectivity index (χ0) is 22.3. The molecule has 4 rings (SSSR count). The number of nitrogens with zero attached hydrogens (tertiary/aromatic N) is 2. The Bertz CT molecular complexity index is 1210. The molecule has 0 bridgehead atoms. The van der Waals surface area contributed by atoms with E-state index in [4.69, 9.17) is 9.15 Å². The summed E-state index contributed by atoms with van der Waals surface area (Å²) in [6, 6.07) is 22.2. The van der Waals surface area contributed by atoms with Crippen molar-refractivity contribution in [1.29, 1.82) is 5.26 Å². The molecule has 160 valence electrons. The third-order valence-electron chi connectivity index (χ3n) is 4.85. The number of rotatable bonds is 8. The molecule has 2 aromatic carbocycles. The summed E-state index contributed by atoms with van der Waals surface area (Å²) in [6.07, 6.45) is 0.0388. The third-order valence-corrected chi connectivity index (χ3v) is 5.71. The van der Waals surface area contributed by atoms with E-state index in [1.807, 2.05) is 47.8 Å². The summed E-state index contributed by atoms with van der Waals surface area (Å²) in [7, 11) is 0. The van der Waals surface area contributed by atoms with Crippen molar-refractivity contribution in [2.24, 2.45) is 0 Å². The summed E-state index contributed by atoms with van der Waals surface area (Å²) in [5, 5.41) is 14.3. The monoisotopic (exact) mass is 443 g/mol. The molecular weight excluding hydrogens is 422 g/mol. The first-order valence-electron chi connectivity index (χ1n) is 10.1. The maximum atomic E-state index is 12.6. The van der Waals surface area contributed by atoms with Gasteiger partial charge < -0.3 is 14.5 Å². The van der Waals surface area contributed by atoms with E-state index < -0.39 is 6.04 Å². The Morgan fingerprint density at radius 1 is 1.16 bits per heavy atom. The van der Waals surface area contributed by atoms with E-state index in [1.165, 1.54) is 11.3 Å². The number of amides is 1. The van der Waals surface area contributed by atoms with Gasteiger partial charge in [0.05, 0.1) is 23.1 Å². The number of hydrogen-bond acceptors (Lipinski definition) is 6. The number of nitrogens with one attached hydrogen (secondary N) is 1. The van der Waals surface area contributed by atoms with Gasteiger partial charge >= 0.3 is 0 Å². The summed E-state index contributed by atoms with van der Waals surface area (Å²) in [4.78, 5) is 17.9. The molecule has 0 aliphatic carbocycles. The van der Waals surface area contributed by atoms with Gasteiger partial charge in [0.25, 0.3) is 0 Å². The molecule has 0 aliphatic heterocycles. The molecule has 0 fully saturated rings. The Balaban J connectivity index is 1.36. The summed E-state index contributed by atoms with van der Waals surface area (Å²) >= 11 is 1.52. The van der Waals surface area contributed by atoms with E-state index in [9.17, 15) is 10.1 Å². The smallest absolute Gasteiger partial charge is 0.236 e. The van der Waals surface area contributed by atoms with Gasteiger partial charge in [-0.1, -0.05) is 48.5 Å². The van der Waals surface area contributed by atoms with Gasteiger partial charge in [-0.05, 0) is 41.6 Å². The fourth-order valence-electron chi connectivity index (χ4n) is 3.15. The SMILES string of the molecule is Cc1oc(-c2cccs2)nc1CC(=O)NC(C#N)c1ccc(OCc2ccccc2)cc1. The van der Waals surface area contributed by atoms with Crippen LogP contribution in [0.4, 0.5) is 0 Å². The van der Waals surface area contributed by atoms with Crippen LogP contribution in [0.2, 0.25) is 0 Å². The Morgan fingerprint density at radius 2 is 1.94 bits per heavy atom. The number of ether oxygens (including phenoxy) is 1. The lowest BCUT2D eigenvalue weighted by Gasteiger charge is -2.13. The number of nitriles is 1. The van der Waals surface area contributed by atoms with Crippen molar-refractivity contribution in [2.75, 3.05) is 0 Å². The minimum Gasteiger partial charge on any atom is -0.489 e. The van der Waals surface area contributed by atoms with Gasteiger partial charge in [0.2, 0.25) is 11.8 Å². The number of carbonyl (C=O) groups is 1. The first-order valence-corrected chi connectivity index (χ1v) is 11.0. The first kappa shape index (κ1) is 21.3. The Labute approximate surface area is 190 Å². The van der Waals surface area contributed by atoms with E-state index in [-0.39, 0.29) is 12.3 Å². The highest BCUT2D eigenvalue weighted by Crippen LogP contribution is 2.26. The minimum atomic E-state index is -0.769. The van der Waals surface area contributed by atoms with Gasteiger partial charge in [0.1, 0.15) is 24.2 Å². The van der Waals surface area contributed by atoms with Crippen molar-refractivity contribution < 1.29 is 13.9 Å². The number of oxazole rings is 1. The molecule has 1 unspecified atom stereocenters. The third kappa shape index (κ3) is 5.23. The van der Waals surface area contributed by atoms with Crippen LogP contribution in [0.1, 0.15) is 28.6 Å². The zero-order valence-electron chi connectivity index (χ0n) is 17.4. The number of hydrogen-bond donors (Lipinski definition) is 1. The molecule has 2 heterocycles. The molecule has 1 amide bonds. The highest BCUT2D eigenvalue weighted by molar-refractivity contribution is 7.13. The minimum absolute atomic E-state index is 0.0388. The summed E-state index contributed by atoms with van der Waals surface area (Å²) in [6.45, 7) is 2.24. The quantitative estimate of drug-likeness (QED) is 0.404. The first-order chi connectivity index (χ1) is 15.6. The highest BCUT2D eigenvalue weighted by atomic mass is 32.1. The van der Waals surface area contributed by atoms with Gasteiger partial charge in [0.15, 0.2) is 0 Å². The molecule has 1 N–H and O–H groups in total. The van der Waals surface area contributed by atoms with E-state index in [0.717, 1.165) is 10.4 Å². The van der Waals surface area contributed by atoms with E-state index in [1.54, 1.807) is 31.2 Å². The Hall–Kier alpha value is -3.89. The zero-order valence-corrected chi connectivity index (χ0v) is 18.3. The number of aromatic nitrogens is 1. The molecule has 32 heavy (non-hydrogen) atoms. The van der Waals surface area contributed by atoms with Crippen molar-refractivity contribution in [3.8, 4) is 22.6 Å². The molecule has 0 saturated carbocycles. The van der Waals surface area contributed by atoms with Crippen molar-refractivity contribution in [3.05, 3.63) is 94.7 Å². The topological polar surface area (TPSA) is 88.2 Å². The van der Waals surface area contributed by atoms with Gasteiger partial charge in [0, 0.05) is 0 Å². The molecule has 7 heteroatoms. The number of benzene rings is 2. The lowest BCUT2D eigenvalue weighted by Crippen LogP contribution is -2.29. The lowest BCUT2D eigenvalue weighted by molar-refractivity contribution is -0.120. The van der Waals surface area contributed by atoms with Crippen LogP contribution in [0.3, 0.4) is 0 Å². The van der Waals surface area contributed by atoms with E-state index in [2.05, 4.69) is 16.4 Å². The average Bonchev–Trinajstić information content (AvgIpc) is 3.47. The van der Waals surface area contributed by atoms with Crippen LogP contribution in [-0.2, 0) is 17.8 Å². The predicted molar refractivity (Wildman–Crippen MR) is 122 cm³/mol. The van der Waals surface area contributed by atoms with Crippen molar-refractivity contribution in [3.63, 3.8) is 0 Å². The van der Waals surface area contributed by atoms with Crippen LogP contribution in [-0.4, -0.2) is 10.9 Å². The van der Waals surface area contributed by atoms with E-state index in [0.29, 0.717) is 35.3 Å². The van der Waals surface area contributed by atoms with Crippen molar-refractivity contribution in [2.45, 2.75) is 26.0 Å². The molecule has 0 radical (unpaired) electrons. The van der Waals surface area contributed by atoms with Crippen LogP contribution in [0, 0.1) is 18.3 Å². The Morgan fingerprint density at radius 3 is 2.62 bits per heavy atom. The molecule has 4 aromatic rings. The second kappa shape index (κ2) is 9.94. The maximum absolute atomic E-state index is 12.6. The fourth-order valence-corrected chi connectivity index (χ4v) is 3.80. The molecule has 2 aromatic heterocycles. The normalized spacial score (nSPS) is 11.5. The highest BCUT2D eigenvalue weighted by Gasteiger charge is 2.18. The molecular formula is C25H21N3O3S. The van der Waals surface area contributed by atoms with Crippen LogP contribution in [0.15, 0.2) is 76.5 Å². The van der Waals surface area contributed by atoms with Crippen LogP contribution in [0.5, 0.6) is 5.75 Å². The summed E-state index contributed by atoms with van der Waals surface area (Å²) < 4.78 is 11.5. The van der Waals surface area contributed by atoms with Crippen LogP contribution >= 0.6 is 11.3 Å². The fraction of sp³-hybridized carbons (Fsp3) is 0.160. The maximum Gasteiger partial charge on any atom is 0.236 e. The Kier molecular flexibility index (Phi) is 6.63. The van der Waals surface area contributed by atoms with Crippen LogP contribution < -0.4 is 10.1 Å². The number of aryl methyl sites for hydroxylation is 1. The number of carbonyl (C=O) groups excluding carboxylic acids is 1. The molecule has 0 aliphatic rings. The largest absolute Gasteiger partial charge is 0.489 e. The second-order valence-corrected chi connectivity index (χ2v) is 8.10. The molecule has 1 atom stereocenters. The lowest BCUT2D eigenvalue weighted by atomic mass is 10.1. The molecule has 6 nitrogen and oxygen atoms in total. The van der Waals surface area contributed by atoms with Gasteiger partial charge in [-0.25, -0.2) is 4.98 Å². The van der Waals surface area contributed by atoms with Gasteiger partial charge in [-0.3, -0.25) is 4.79 Å². The van der Waals surface area contributed by atoms with Crippen molar-refractivity contribution >= 4 is 17.2 Å². The van der Waals surface area contributed by atoms with Crippen LogP contribution in [0.25, 0.3) is 10.8 Å².